The maximum atomic E-state index is 12.5. The number of tetrazole rings is 1. The molecule has 0 aliphatic rings. The summed E-state index contributed by atoms with van der Waals surface area (Å²) in [5.41, 5.74) is 5.66. The van der Waals surface area contributed by atoms with Crippen molar-refractivity contribution in [3.63, 3.8) is 0 Å². The number of methoxy groups -OCH3 is 1. The lowest BCUT2D eigenvalue weighted by Gasteiger charge is -2.10. The van der Waals surface area contributed by atoms with E-state index >= 15 is 0 Å². The number of hydrazone groups is 1. The van der Waals surface area contributed by atoms with Crippen LogP contribution >= 0.6 is 0 Å². The van der Waals surface area contributed by atoms with E-state index in [0.717, 1.165) is 23.1 Å². The number of carbonyl (C=O) groups is 1. The van der Waals surface area contributed by atoms with Crippen LogP contribution in [0.3, 0.4) is 0 Å². The van der Waals surface area contributed by atoms with Crippen molar-refractivity contribution < 1.29 is 14.3 Å². The van der Waals surface area contributed by atoms with Gasteiger partial charge in [-0.2, -0.15) is 9.90 Å². The van der Waals surface area contributed by atoms with E-state index in [1.165, 1.54) is 4.80 Å². The standard InChI is InChI=1S/C26H26N6O3/c1-3-15-35-23-14-11-20(16-24(23)34-2)17-27-29-26(33)22-12-9-19(10-13-22)18-32-30-25(28-31-32)21-7-5-4-6-8-21/h4-14,16-17H,3,15,18H2,1-2H3,(H,29,33)/b27-17+. The average molecular weight is 471 g/mol. The average Bonchev–Trinajstić information content (AvgIpc) is 3.37. The van der Waals surface area contributed by atoms with Crippen LogP contribution in [0.25, 0.3) is 11.4 Å². The van der Waals surface area contributed by atoms with Crippen LogP contribution in [-0.4, -0.2) is 46.0 Å². The first-order valence-corrected chi connectivity index (χ1v) is 11.2. The molecule has 1 N–H and O–H groups in total. The van der Waals surface area contributed by atoms with E-state index in [2.05, 4.69) is 25.9 Å². The van der Waals surface area contributed by atoms with Crippen LogP contribution in [-0.2, 0) is 6.54 Å². The molecule has 1 aromatic heterocycles. The number of hydrogen-bond donors (Lipinski definition) is 1. The van der Waals surface area contributed by atoms with Crippen LogP contribution in [0, 0.1) is 0 Å². The minimum Gasteiger partial charge on any atom is -0.493 e. The molecule has 0 bridgehead atoms. The minimum atomic E-state index is -0.312. The van der Waals surface area contributed by atoms with E-state index in [-0.39, 0.29) is 5.91 Å². The Morgan fingerprint density at radius 1 is 1.06 bits per heavy atom. The summed E-state index contributed by atoms with van der Waals surface area (Å²) >= 11 is 0. The van der Waals surface area contributed by atoms with Crippen LogP contribution in [0.4, 0.5) is 0 Å². The first-order valence-electron chi connectivity index (χ1n) is 11.2. The Labute approximate surface area is 203 Å². The van der Waals surface area contributed by atoms with E-state index in [1.54, 1.807) is 31.5 Å². The van der Waals surface area contributed by atoms with E-state index < -0.39 is 0 Å². The molecule has 3 aromatic carbocycles. The molecule has 0 aliphatic heterocycles. The fraction of sp³-hybridized carbons (Fsp3) is 0.192. The second-order valence-corrected chi connectivity index (χ2v) is 7.66. The molecule has 1 amide bonds. The molecule has 1 heterocycles. The van der Waals surface area contributed by atoms with Crippen LogP contribution in [0.15, 0.2) is 77.9 Å². The van der Waals surface area contributed by atoms with Gasteiger partial charge in [0.15, 0.2) is 11.5 Å². The number of benzene rings is 3. The summed E-state index contributed by atoms with van der Waals surface area (Å²) in [5, 5.41) is 16.7. The van der Waals surface area contributed by atoms with Gasteiger partial charge in [0, 0.05) is 11.1 Å². The first kappa shape index (κ1) is 23.6. The molecular formula is C26H26N6O3. The number of carbonyl (C=O) groups excluding carboxylic acids is 1. The Bertz CT molecular complexity index is 1290. The largest absolute Gasteiger partial charge is 0.493 e. The lowest BCUT2D eigenvalue weighted by atomic mass is 10.1. The number of nitrogens with zero attached hydrogens (tertiary/aromatic N) is 5. The van der Waals surface area contributed by atoms with Crippen molar-refractivity contribution in [2.45, 2.75) is 19.9 Å². The van der Waals surface area contributed by atoms with E-state index in [9.17, 15) is 4.79 Å². The zero-order chi connectivity index (χ0) is 24.5. The number of ether oxygens (including phenoxy) is 2. The Morgan fingerprint density at radius 2 is 1.86 bits per heavy atom. The number of amides is 1. The smallest absolute Gasteiger partial charge is 0.271 e. The Morgan fingerprint density at radius 3 is 2.60 bits per heavy atom. The third-order valence-corrected chi connectivity index (χ3v) is 5.05. The Kier molecular flexibility index (Phi) is 7.80. The zero-order valence-electron chi connectivity index (χ0n) is 19.6. The third-order valence-electron chi connectivity index (χ3n) is 5.05. The summed E-state index contributed by atoms with van der Waals surface area (Å²) in [4.78, 5) is 14.0. The van der Waals surface area contributed by atoms with Gasteiger partial charge in [0.1, 0.15) is 0 Å². The van der Waals surface area contributed by atoms with E-state index in [1.807, 2.05) is 61.5 Å². The van der Waals surface area contributed by atoms with Crippen molar-refractivity contribution >= 4 is 12.1 Å². The lowest BCUT2D eigenvalue weighted by molar-refractivity contribution is 0.0955. The molecule has 35 heavy (non-hydrogen) atoms. The van der Waals surface area contributed by atoms with Gasteiger partial charge in [-0.3, -0.25) is 4.79 Å². The SMILES string of the molecule is CCCOc1ccc(/C=N/NC(=O)c2ccc(Cn3nnc(-c4ccccc4)n3)cc2)cc1OC. The highest BCUT2D eigenvalue weighted by molar-refractivity contribution is 5.95. The highest BCUT2D eigenvalue weighted by Crippen LogP contribution is 2.27. The normalized spacial score (nSPS) is 10.9. The summed E-state index contributed by atoms with van der Waals surface area (Å²) in [6.07, 6.45) is 2.46. The molecule has 4 rings (SSSR count). The van der Waals surface area contributed by atoms with Crippen molar-refractivity contribution in [2.75, 3.05) is 13.7 Å². The molecule has 0 aliphatic carbocycles. The van der Waals surface area contributed by atoms with Gasteiger partial charge >= 0.3 is 0 Å². The van der Waals surface area contributed by atoms with Gasteiger partial charge < -0.3 is 9.47 Å². The molecule has 9 nitrogen and oxygen atoms in total. The third kappa shape index (κ3) is 6.29. The summed E-state index contributed by atoms with van der Waals surface area (Å²) in [6, 6.07) is 22.3. The van der Waals surface area contributed by atoms with Crippen LogP contribution in [0.1, 0.15) is 34.8 Å². The predicted molar refractivity (Wildman–Crippen MR) is 133 cm³/mol. The van der Waals surface area contributed by atoms with Gasteiger partial charge in [-0.05, 0) is 53.1 Å². The monoisotopic (exact) mass is 470 g/mol. The lowest BCUT2D eigenvalue weighted by Crippen LogP contribution is -2.17. The molecule has 0 fully saturated rings. The fourth-order valence-corrected chi connectivity index (χ4v) is 3.26. The van der Waals surface area contributed by atoms with Crippen LogP contribution in [0.2, 0.25) is 0 Å². The fourth-order valence-electron chi connectivity index (χ4n) is 3.26. The van der Waals surface area contributed by atoms with Gasteiger partial charge in [0.05, 0.1) is 26.5 Å². The summed E-state index contributed by atoms with van der Waals surface area (Å²) in [5.74, 6) is 1.54. The first-order chi connectivity index (χ1) is 17.2. The second-order valence-electron chi connectivity index (χ2n) is 7.66. The highest BCUT2D eigenvalue weighted by Gasteiger charge is 2.08. The number of nitrogens with one attached hydrogen (secondary N) is 1. The predicted octanol–water partition coefficient (Wildman–Crippen LogP) is 3.95. The molecule has 0 radical (unpaired) electrons. The number of rotatable bonds is 10. The summed E-state index contributed by atoms with van der Waals surface area (Å²) in [6.45, 7) is 3.10. The Hall–Kier alpha value is -4.53. The van der Waals surface area contributed by atoms with Crippen molar-refractivity contribution in [3.05, 3.63) is 89.5 Å². The van der Waals surface area contributed by atoms with Crippen molar-refractivity contribution in [1.29, 1.82) is 0 Å². The minimum absolute atomic E-state index is 0.312. The van der Waals surface area contributed by atoms with E-state index in [4.69, 9.17) is 9.47 Å². The van der Waals surface area contributed by atoms with Gasteiger partial charge in [-0.25, -0.2) is 5.43 Å². The van der Waals surface area contributed by atoms with Crippen LogP contribution < -0.4 is 14.9 Å². The zero-order valence-corrected chi connectivity index (χ0v) is 19.6. The maximum Gasteiger partial charge on any atom is 0.271 e. The van der Waals surface area contributed by atoms with Crippen LogP contribution in [0.5, 0.6) is 11.5 Å². The quantitative estimate of drug-likeness (QED) is 0.278. The molecule has 0 atom stereocenters. The molecule has 0 saturated carbocycles. The molecule has 0 unspecified atom stereocenters. The molecule has 178 valence electrons. The van der Waals surface area contributed by atoms with Crippen molar-refractivity contribution in [3.8, 4) is 22.9 Å². The second kappa shape index (κ2) is 11.6. The highest BCUT2D eigenvalue weighted by atomic mass is 16.5. The van der Waals surface area contributed by atoms with Gasteiger partial charge in [-0.15, -0.1) is 10.2 Å². The van der Waals surface area contributed by atoms with Crippen molar-refractivity contribution in [1.82, 2.24) is 25.6 Å². The Balaban J connectivity index is 1.33. The summed E-state index contributed by atoms with van der Waals surface area (Å²) in [7, 11) is 1.58. The van der Waals surface area contributed by atoms with Gasteiger partial charge in [0.2, 0.25) is 5.82 Å². The number of hydrogen-bond acceptors (Lipinski definition) is 7. The summed E-state index contributed by atoms with van der Waals surface area (Å²) < 4.78 is 11.0. The topological polar surface area (TPSA) is 104 Å². The molecule has 4 aromatic rings. The maximum absolute atomic E-state index is 12.5. The molecule has 0 saturated heterocycles. The van der Waals surface area contributed by atoms with Gasteiger partial charge in [-0.1, -0.05) is 49.4 Å². The molecule has 9 heteroatoms. The van der Waals surface area contributed by atoms with Gasteiger partial charge in [0.25, 0.3) is 5.91 Å². The van der Waals surface area contributed by atoms with E-state index in [0.29, 0.717) is 36.0 Å². The molecule has 0 spiro atoms. The number of aromatic nitrogens is 4. The van der Waals surface area contributed by atoms with Crippen molar-refractivity contribution in [2.24, 2.45) is 5.10 Å². The molecular weight excluding hydrogens is 444 g/mol.